The lowest BCUT2D eigenvalue weighted by Crippen LogP contribution is -2.42. The minimum Gasteiger partial charge on any atom is -0.548 e. The number of amides is 2. The van der Waals surface area contributed by atoms with Crippen molar-refractivity contribution in [2.75, 3.05) is 13.2 Å². The lowest BCUT2D eigenvalue weighted by atomic mass is 9.71. The van der Waals surface area contributed by atoms with Gasteiger partial charge in [-0.2, -0.15) is 5.26 Å². The lowest BCUT2D eigenvalue weighted by molar-refractivity contribution is -0.305. The molecule has 1 aromatic carbocycles. The predicted octanol–water partition coefficient (Wildman–Crippen LogP) is -0.691. The van der Waals surface area contributed by atoms with Crippen LogP contribution >= 0.6 is 0 Å². The number of imide groups is 1. The molecule has 1 saturated heterocycles. The maximum absolute atomic E-state index is 12.8. The van der Waals surface area contributed by atoms with Gasteiger partial charge >= 0.3 is 0 Å². The third-order valence-corrected chi connectivity index (χ3v) is 6.52. The Kier molecular flexibility index (Phi) is 3.84. The number of carbonyl (C=O) groups excluding carboxylic acids is 3. The number of fused-ring (bicyclic) bond motifs is 8. The van der Waals surface area contributed by atoms with E-state index in [1.165, 1.54) is 0 Å². The lowest BCUT2D eigenvalue weighted by Gasteiger charge is -2.30. The molecule has 0 N–H and O–H groups in total. The van der Waals surface area contributed by atoms with E-state index in [9.17, 15) is 19.5 Å². The van der Waals surface area contributed by atoms with Crippen LogP contribution in [0.4, 0.5) is 0 Å². The van der Waals surface area contributed by atoms with Crippen LogP contribution in [0, 0.1) is 40.9 Å². The van der Waals surface area contributed by atoms with Gasteiger partial charge in [0.25, 0.3) is 0 Å². The maximum atomic E-state index is 12.8. The predicted molar refractivity (Wildman–Crippen MR) is 92.8 cm³/mol. The second-order valence-electron chi connectivity index (χ2n) is 7.76. The van der Waals surface area contributed by atoms with E-state index >= 15 is 0 Å². The average molecular weight is 394 g/mol. The Labute approximate surface area is 165 Å². The highest BCUT2D eigenvalue weighted by Crippen LogP contribution is 2.61. The number of rotatable bonds is 5. The number of para-hydroxylation sites is 1. The fourth-order valence-corrected chi connectivity index (χ4v) is 5.61. The molecule has 4 aliphatic rings. The molecule has 0 spiro atoms. The van der Waals surface area contributed by atoms with Gasteiger partial charge in [0.05, 0.1) is 30.1 Å². The Bertz CT molecular complexity index is 998. The molecule has 2 aliphatic carbocycles. The molecule has 0 radical (unpaired) electrons. The van der Waals surface area contributed by atoms with Gasteiger partial charge in [0.1, 0.15) is 17.9 Å². The van der Waals surface area contributed by atoms with Crippen molar-refractivity contribution in [1.82, 2.24) is 4.90 Å². The SMILES string of the molecule is N#CCOc1ccccc1C1=NO[C@@H]2[C@H]3C[C@H]([C@H]4C(=O)N(CC(=O)[O-])C(=O)[C@@H]34)[C@H]12. The Balaban J connectivity index is 1.47. The van der Waals surface area contributed by atoms with Crippen molar-refractivity contribution >= 4 is 23.5 Å². The first-order chi connectivity index (χ1) is 14.0. The van der Waals surface area contributed by atoms with Crippen LogP contribution in [-0.2, 0) is 19.2 Å². The molecule has 6 atom stereocenters. The van der Waals surface area contributed by atoms with E-state index in [4.69, 9.17) is 14.8 Å². The van der Waals surface area contributed by atoms with Crippen LogP contribution in [0.25, 0.3) is 0 Å². The first-order valence-corrected chi connectivity index (χ1v) is 9.41. The number of carboxylic acid groups (broad SMARTS) is 1. The highest BCUT2D eigenvalue weighted by Gasteiger charge is 2.70. The van der Waals surface area contributed by atoms with Crippen LogP contribution in [0.3, 0.4) is 0 Å². The average Bonchev–Trinajstić information content (AvgIpc) is 3.43. The van der Waals surface area contributed by atoms with Gasteiger partial charge in [-0.3, -0.25) is 14.5 Å². The van der Waals surface area contributed by atoms with Crippen molar-refractivity contribution in [3.05, 3.63) is 29.8 Å². The smallest absolute Gasteiger partial charge is 0.233 e. The van der Waals surface area contributed by atoms with Gasteiger partial charge in [0.15, 0.2) is 6.61 Å². The second-order valence-corrected chi connectivity index (χ2v) is 7.76. The maximum Gasteiger partial charge on any atom is 0.233 e. The van der Waals surface area contributed by atoms with Crippen LogP contribution in [0.2, 0.25) is 0 Å². The summed E-state index contributed by atoms with van der Waals surface area (Å²) in [5, 5.41) is 24.0. The van der Waals surface area contributed by atoms with Crippen LogP contribution < -0.4 is 9.84 Å². The van der Waals surface area contributed by atoms with Gasteiger partial charge in [0, 0.05) is 17.4 Å². The summed E-state index contributed by atoms with van der Waals surface area (Å²) in [5.74, 6) is -3.52. The Hall–Kier alpha value is -3.41. The normalized spacial score (nSPS) is 33.8. The molecule has 148 valence electrons. The Morgan fingerprint density at radius 1 is 1.24 bits per heavy atom. The highest BCUT2D eigenvalue weighted by molar-refractivity contribution is 6.10. The van der Waals surface area contributed by atoms with Crippen molar-refractivity contribution in [3.63, 3.8) is 0 Å². The van der Waals surface area contributed by atoms with Gasteiger partial charge in [-0.05, 0) is 24.5 Å². The van der Waals surface area contributed by atoms with Crippen molar-refractivity contribution < 1.29 is 29.1 Å². The molecular formula is C20H16N3O6-. The number of likely N-dealkylation sites (tertiary alicyclic amines) is 1. The number of nitrogens with zero attached hydrogens (tertiary/aromatic N) is 3. The first-order valence-electron chi connectivity index (χ1n) is 9.41. The molecule has 2 amide bonds. The summed E-state index contributed by atoms with van der Waals surface area (Å²) in [4.78, 5) is 43.0. The third kappa shape index (κ3) is 2.38. The zero-order chi connectivity index (χ0) is 20.3. The van der Waals surface area contributed by atoms with Crippen LogP contribution in [0.1, 0.15) is 12.0 Å². The van der Waals surface area contributed by atoms with E-state index in [0.717, 1.165) is 4.90 Å². The van der Waals surface area contributed by atoms with E-state index in [-0.39, 0.29) is 30.5 Å². The first kappa shape index (κ1) is 17.7. The molecule has 9 nitrogen and oxygen atoms in total. The number of hydrogen-bond acceptors (Lipinski definition) is 8. The summed E-state index contributed by atoms with van der Waals surface area (Å²) in [7, 11) is 0. The molecule has 2 aliphatic heterocycles. The number of ether oxygens (including phenoxy) is 1. The van der Waals surface area contributed by atoms with Crippen molar-refractivity contribution in [2.24, 2.45) is 34.7 Å². The molecule has 0 aromatic heterocycles. The minimum atomic E-state index is -1.46. The van der Waals surface area contributed by atoms with Crippen LogP contribution in [-0.4, -0.2) is 47.7 Å². The van der Waals surface area contributed by atoms with E-state index in [1.54, 1.807) is 12.1 Å². The highest BCUT2D eigenvalue weighted by atomic mass is 16.6. The summed E-state index contributed by atoms with van der Waals surface area (Å²) >= 11 is 0. The van der Waals surface area contributed by atoms with Gasteiger partial charge < -0.3 is 19.5 Å². The molecule has 9 heteroatoms. The number of benzene rings is 1. The van der Waals surface area contributed by atoms with Gasteiger partial charge in [-0.25, -0.2) is 0 Å². The molecule has 2 bridgehead atoms. The largest absolute Gasteiger partial charge is 0.548 e. The second kappa shape index (κ2) is 6.30. The van der Waals surface area contributed by atoms with E-state index < -0.39 is 36.2 Å². The van der Waals surface area contributed by atoms with Crippen LogP contribution in [0.5, 0.6) is 5.75 Å². The van der Waals surface area contributed by atoms with Crippen molar-refractivity contribution in [1.29, 1.82) is 5.26 Å². The van der Waals surface area contributed by atoms with E-state index in [2.05, 4.69) is 5.16 Å². The number of hydrogen-bond donors (Lipinski definition) is 0. The molecular weight excluding hydrogens is 378 g/mol. The molecule has 5 rings (SSSR count). The number of nitriles is 1. The Morgan fingerprint density at radius 2 is 1.97 bits per heavy atom. The molecule has 1 aromatic rings. The summed E-state index contributed by atoms with van der Waals surface area (Å²) in [6.07, 6.45) is 0.321. The standard InChI is InChI=1S/C20H17N3O6/c21-5-6-28-12-4-2-1-3-9(12)17-16-10-7-11(18(16)29-22-17)15-14(10)19(26)23(20(15)27)8-13(24)25/h1-4,10-11,14-16,18H,6-8H2,(H,24,25)/p-1/t10-,11+,14-,15+,16-,18-/m1/s1. The monoisotopic (exact) mass is 394 g/mol. The summed E-state index contributed by atoms with van der Waals surface area (Å²) in [6, 6.07) is 9.11. The van der Waals surface area contributed by atoms with Gasteiger partial charge in [-0.15, -0.1) is 0 Å². The van der Waals surface area contributed by atoms with Gasteiger partial charge in [-0.1, -0.05) is 17.3 Å². The van der Waals surface area contributed by atoms with Crippen molar-refractivity contribution in [2.45, 2.75) is 12.5 Å². The summed E-state index contributed by atoms with van der Waals surface area (Å²) in [5.41, 5.74) is 1.34. The molecule has 3 fully saturated rings. The van der Waals surface area contributed by atoms with Crippen molar-refractivity contribution in [3.8, 4) is 11.8 Å². The molecule has 2 heterocycles. The number of carbonyl (C=O) groups is 3. The number of aliphatic carboxylic acids is 1. The number of oxime groups is 1. The van der Waals surface area contributed by atoms with Crippen LogP contribution in [0.15, 0.2) is 29.4 Å². The quantitative estimate of drug-likeness (QED) is 0.604. The summed E-state index contributed by atoms with van der Waals surface area (Å²) < 4.78 is 5.51. The third-order valence-electron chi connectivity index (χ3n) is 6.52. The van der Waals surface area contributed by atoms with Gasteiger partial charge in [0.2, 0.25) is 11.8 Å². The number of carboxylic acids is 1. The van der Waals surface area contributed by atoms with E-state index in [0.29, 0.717) is 23.4 Å². The molecule has 29 heavy (non-hydrogen) atoms. The molecule has 0 unspecified atom stereocenters. The summed E-state index contributed by atoms with van der Waals surface area (Å²) in [6.45, 7) is -0.826. The Morgan fingerprint density at radius 3 is 2.69 bits per heavy atom. The zero-order valence-electron chi connectivity index (χ0n) is 15.2. The zero-order valence-corrected chi connectivity index (χ0v) is 15.2. The van der Waals surface area contributed by atoms with E-state index in [1.807, 2.05) is 18.2 Å². The molecule has 2 saturated carbocycles. The fourth-order valence-electron chi connectivity index (χ4n) is 5.61. The fraction of sp³-hybridized carbons (Fsp3) is 0.450. The topological polar surface area (TPSA) is 132 Å². The minimum absolute atomic E-state index is 0.110.